The van der Waals surface area contributed by atoms with Gasteiger partial charge in [0.25, 0.3) is 0 Å². The lowest BCUT2D eigenvalue weighted by Gasteiger charge is -2.07. The fourth-order valence-electron chi connectivity index (χ4n) is 1.35. The van der Waals surface area contributed by atoms with Crippen LogP contribution in [0.15, 0.2) is 41.0 Å². The molecule has 2 aromatic rings. The van der Waals surface area contributed by atoms with Gasteiger partial charge < -0.3 is 11.1 Å². The number of benzene rings is 1. The van der Waals surface area contributed by atoms with Crippen LogP contribution in [-0.2, 0) is 0 Å². The molecule has 0 saturated heterocycles. The Bertz CT molecular complexity index is 586. The van der Waals surface area contributed by atoms with E-state index in [-0.39, 0.29) is 4.99 Å². The maximum Gasteiger partial charge on any atom is 0.122 e. The molecule has 0 aliphatic heterocycles. The van der Waals surface area contributed by atoms with Crippen molar-refractivity contribution < 1.29 is 0 Å². The van der Waals surface area contributed by atoms with Gasteiger partial charge in [0, 0.05) is 10.2 Å². The number of hydrogen-bond donors (Lipinski definition) is 2. The number of nitrogens with one attached hydrogen (secondary N) is 1. The largest absolute Gasteiger partial charge is 0.388 e. The Morgan fingerprint density at radius 2 is 2.00 bits per heavy atom. The molecule has 0 amide bonds. The average Bonchev–Trinajstić information content (AvgIpc) is 2.34. The van der Waals surface area contributed by atoms with E-state index in [0.717, 1.165) is 15.8 Å². The summed E-state index contributed by atoms with van der Waals surface area (Å²) in [6.45, 7) is 0. The Labute approximate surface area is 123 Å². The van der Waals surface area contributed by atoms with E-state index in [4.69, 9.17) is 29.6 Å². The van der Waals surface area contributed by atoms with Crippen molar-refractivity contribution in [3.05, 3.63) is 51.7 Å². The lowest BCUT2D eigenvalue weighted by molar-refractivity contribution is 1.29. The summed E-state index contributed by atoms with van der Waals surface area (Å²) >= 11 is 14.2. The van der Waals surface area contributed by atoms with E-state index < -0.39 is 0 Å². The SMILES string of the molecule is NC(=S)c1ccc(Nc2ccc(Br)c(Cl)c2)cn1. The molecule has 0 fully saturated rings. The number of aromatic nitrogens is 1. The summed E-state index contributed by atoms with van der Waals surface area (Å²) in [7, 11) is 0. The molecular weight excluding hydrogens is 334 g/mol. The van der Waals surface area contributed by atoms with E-state index in [9.17, 15) is 0 Å². The molecule has 6 heteroatoms. The van der Waals surface area contributed by atoms with Crippen LogP contribution in [0.2, 0.25) is 5.02 Å². The van der Waals surface area contributed by atoms with Crippen molar-refractivity contribution in [1.82, 2.24) is 4.98 Å². The number of nitrogens with two attached hydrogens (primary N) is 1. The van der Waals surface area contributed by atoms with Crippen LogP contribution in [0.1, 0.15) is 5.69 Å². The van der Waals surface area contributed by atoms with Gasteiger partial charge in [-0.25, -0.2) is 0 Å². The molecular formula is C12H9BrClN3S. The van der Waals surface area contributed by atoms with E-state index in [1.54, 1.807) is 12.3 Å². The molecule has 92 valence electrons. The van der Waals surface area contributed by atoms with Gasteiger partial charge in [-0.05, 0) is 46.3 Å². The fraction of sp³-hybridized carbons (Fsp3) is 0. The molecule has 1 heterocycles. The van der Waals surface area contributed by atoms with Crippen LogP contribution in [0.4, 0.5) is 11.4 Å². The molecule has 3 N–H and O–H groups in total. The molecule has 18 heavy (non-hydrogen) atoms. The Morgan fingerprint density at radius 3 is 2.56 bits per heavy atom. The van der Waals surface area contributed by atoms with Crippen LogP contribution in [0.5, 0.6) is 0 Å². The van der Waals surface area contributed by atoms with Gasteiger partial charge in [0.05, 0.1) is 22.6 Å². The second kappa shape index (κ2) is 5.65. The molecule has 0 saturated carbocycles. The van der Waals surface area contributed by atoms with Crippen LogP contribution in [-0.4, -0.2) is 9.97 Å². The highest BCUT2D eigenvalue weighted by Crippen LogP contribution is 2.27. The van der Waals surface area contributed by atoms with Crippen molar-refractivity contribution in [3.8, 4) is 0 Å². The second-order valence-electron chi connectivity index (χ2n) is 3.55. The summed E-state index contributed by atoms with van der Waals surface area (Å²) < 4.78 is 0.858. The first-order valence-corrected chi connectivity index (χ1v) is 6.62. The summed E-state index contributed by atoms with van der Waals surface area (Å²) in [6.07, 6.45) is 1.67. The maximum atomic E-state index is 6.01. The number of thiocarbonyl (C=S) groups is 1. The van der Waals surface area contributed by atoms with Crippen LogP contribution in [0, 0.1) is 0 Å². The molecule has 1 aromatic carbocycles. The van der Waals surface area contributed by atoms with E-state index in [2.05, 4.69) is 26.2 Å². The van der Waals surface area contributed by atoms with Gasteiger partial charge in [-0.1, -0.05) is 23.8 Å². The summed E-state index contributed by atoms with van der Waals surface area (Å²) in [6, 6.07) is 9.24. The van der Waals surface area contributed by atoms with Crippen molar-refractivity contribution in [2.24, 2.45) is 5.73 Å². The van der Waals surface area contributed by atoms with E-state index in [1.807, 2.05) is 24.3 Å². The van der Waals surface area contributed by atoms with Gasteiger partial charge in [0.15, 0.2) is 0 Å². The summed E-state index contributed by atoms with van der Waals surface area (Å²) in [4.78, 5) is 4.43. The molecule has 0 spiro atoms. The zero-order valence-corrected chi connectivity index (χ0v) is 12.3. The van der Waals surface area contributed by atoms with Gasteiger partial charge in [-0.2, -0.15) is 0 Å². The molecule has 0 aliphatic carbocycles. The van der Waals surface area contributed by atoms with Crippen molar-refractivity contribution in [1.29, 1.82) is 0 Å². The average molecular weight is 343 g/mol. The number of nitrogens with zero attached hydrogens (tertiary/aromatic N) is 1. The van der Waals surface area contributed by atoms with Gasteiger partial charge in [-0.3, -0.25) is 4.98 Å². The minimum atomic E-state index is 0.285. The highest BCUT2D eigenvalue weighted by Gasteiger charge is 2.01. The molecule has 1 aromatic heterocycles. The summed E-state index contributed by atoms with van der Waals surface area (Å²) in [5, 5.41) is 3.83. The summed E-state index contributed by atoms with van der Waals surface area (Å²) in [5.74, 6) is 0. The lowest BCUT2D eigenvalue weighted by Crippen LogP contribution is -2.11. The number of halogens is 2. The first-order chi connectivity index (χ1) is 8.56. The third-order valence-electron chi connectivity index (χ3n) is 2.22. The number of pyridine rings is 1. The van der Waals surface area contributed by atoms with E-state index in [0.29, 0.717) is 10.7 Å². The molecule has 3 nitrogen and oxygen atoms in total. The zero-order valence-electron chi connectivity index (χ0n) is 9.15. The van der Waals surface area contributed by atoms with Gasteiger partial charge in [0.2, 0.25) is 0 Å². The van der Waals surface area contributed by atoms with Crippen molar-refractivity contribution in [3.63, 3.8) is 0 Å². The van der Waals surface area contributed by atoms with Gasteiger partial charge in [0.1, 0.15) is 4.99 Å². The smallest absolute Gasteiger partial charge is 0.122 e. The third kappa shape index (κ3) is 3.19. The predicted molar refractivity (Wildman–Crippen MR) is 82.6 cm³/mol. The first-order valence-electron chi connectivity index (χ1n) is 5.04. The number of hydrogen-bond acceptors (Lipinski definition) is 3. The quantitative estimate of drug-likeness (QED) is 0.831. The molecule has 0 atom stereocenters. The second-order valence-corrected chi connectivity index (χ2v) is 5.25. The maximum absolute atomic E-state index is 6.01. The zero-order chi connectivity index (χ0) is 13.1. The van der Waals surface area contributed by atoms with Crippen LogP contribution in [0.25, 0.3) is 0 Å². The Hall–Kier alpha value is -1.17. The Morgan fingerprint density at radius 1 is 1.28 bits per heavy atom. The highest BCUT2D eigenvalue weighted by atomic mass is 79.9. The van der Waals surface area contributed by atoms with Crippen LogP contribution < -0.4 is 11.1 Å². The molecule has 2 rings (SSSR count). The fourth-order valence-corrected chi connectivity index (χ4v) is 1.90. The molecule has 0 unspecified atom stereocenters. The molecule has 0 aliphatic rings. The van der Waals surface area contributed by atoms with Crippen molar-refractivity contribution in [2.45, 2.75) is 0 Å². The van der Waals surface area contributed by atoms with Gasteiger partial charge >= 0.3 is 0 Å². The first kappa shape index (κ1) is 13.3. The minimum absolute atomic E-state index is 0.285. The van der Waals surface area contributed by atoms with Crippen LogP contribution in [0.3, 0.4) is 0 Å². The number of anilines is 2. The molecule has 0 bridgehead atoms. The van der Waals surface area contributed by atoms with Gasteiger partial charge in [-0.15, -0.1) is 0 Å². The summed E-state index contributed by atoms with van der Waals surface area (Å²) in [5.41, 5.74) is 7.80. The van der Waals surface area contributed by atoms with Crippen molar-refractivity contribution in [2.75, 3.05) is 5.32 Å². The monoisotopic (exact) mass is 341 g/mol. The Balaban J connectivity index is 2.18. The lowest BCUT2D eigenvalue weighted by atomic mass is 10.3. The number of rotatable bonds is 3. The normalized spacial score (nSPS) is 10.1. The predicted octanol–water partition coefficient (Wildman–Crippen LogP) is 3.88. The van der Waals surface area contributed by atoms with E-state index in [1.165, 1.54) is 0 Å². The minimum Gasteiger partial charge on any atom is -0.388 e. The third-order valence-corrected chi connectivity index (χ3v) is 3.67. The Kier molecular flexibility index (Phi) is 4.16. The van der Waals surface area contributed by atoms with E-state index >= 15 is 0 Å². The van der Waals surface area contributed by atoms with Crippen LogP contribution >= 0.6 is 39.7 Å². The highest BCUT2D eigenvalue weighted by molar-refractivity contribution is 9.10. The topological polar surface area (TPSA) is 50.9 Å². The molecule has 0 radical (unpaired) electrons. The standard InChI is InChI=1S/C12H9BrClN3S/c13-9-3-1-7(5-10(9)14)17-8-2-4-11(12(15)18)16-6-8/h1-6,17H,(H2,15,18). The van der Waals surface area contributed by atoms with Crippen molar-refractivity contribution >= 4 is 56.1 Å².